The Balaban J connectivity index is 1.61. The molecule has 2 N–H and O–H groups in total. The highest BCUT2D eigenvalue weighted by atomic mass is 32.2. The minimum absolute atomic E-state index is 0.122. The molecule has 0 unspecified atom stereocenters. The maximum absolute atomic E-state index is 13.1. The average Bonchev–Trinajstić information content (AvgIpc) is 3.32. The number of thioether (sulfide) groups is 1. The number of methoxy groups -OCH3 is 3. The van der Waals surface area contributed by atoms with Gasteiger partial charge in [-0.1, -0.05) is 11.8 Å². The molecule has 0 fully saturated rings. The van der Waals surface area contributed by atoms with E-state index in [4.69, 9.17) is 19.2 Å². The molecule has 0 bridgehead atoms. The molecule has 0 atom stereocenters. The van der Waals surface area contributed by atoms with Crippen molar-refractivity contribution in [2.75, 3.05) is 32.4 Å². The number of amides is 1. The Kier molecular flexibility index (Phi) is 7.57. The monoisotopic (exact) mass is 493 g/mol. The van der Waals surface area contributed by atoms with Crippen LogP contribution in [0.25, 0.3) is 22.6 Å². The maximum Gasteiger partial charge on any atom is 0.234 e. The minimum Gasteiger partial charge on any atom is -0.497 e. The molecule has 1 aromatic heterocycles. The first-order valence-electron chi connectivity index (χ1n) is 10.7. The molecule has 7 nitrogen and oxygen atoms in total. The second-order valence-electron chi connectivity index (χ2n) is 7.41. The van der Waals surface area contributed by atoms with Gasteiger partial charge in [0.2, 0.25) is 5.91 Å². The van der Waals surface area contributed by atoms with Gasteiger partial charge in [0.05, 0.1) is 32.8 Å². The van der Waals surface area contributed by atoms with Crippen molar-refractivity contribution >= 4 is 23.4 Å². The number of carbonyl (C=O) groups excluding carboxylic acids is 1. The normalized spacial score (nSPS) is 10.6. The summed E-state index contributed by atoms with van der Waals surface area (Å²) in [5, 5.41) is 3.43. The molecule has 4 aromatic rings. The highest BCUT2D eigenvalue weighted by Gasteiger charge is 2.17. The number of halogens is 1. The lowest BCUT2D eigenvalue weighted by molar-refractivity contribution is -0.113. The van der Waals surface area contributed by atoms with Crippen molar-refractivity contribution in [2.45, 2.75) is 5.03 Å². The molecule has 3 aromatic carbocycles. The lowest BCUT2D eigenvalue weighted by atomic mass is 10.1. The van der Waals surface area contributed by atoms with Crippen LogP contribution in [0.4, 0.5) is 10.1 Å². The van der Waals surface area contributed by atoms with Gasteiger partial charge in [0.1, 0.15) is 22.4 Å². The van der Waals surface area contributed by atoms with Gasteiger partial charge in [-0.25, -0.2) is 9.37 Å². The smallest absolute Gasteiger partial charge is 0.234 e. The maximum atomic E-state index is 13.1. The van der Waals surface area contributed by atoms with E-state index in [-0.39, 0.29) is 17.5 Å². The number of hydrogen-bond acceptors (Lipinski definition) is 6. The number of benzene rings is 3. The van der Waals surface area contributed by atoms with Crippen molar-refractivity contribution < 1.29 is 23.4 Å². The first-order chi connectivity index (χ1) is 17.0. The third kappa shape index (κ3) is 5.75. The largest absolute Gasteiger partial charge is 0.497 e. The lowest BCUT2D eigenvalue weighted by Crippen LogP contribution is -2.14. The molecule has 0 aliphatic carbocycles. The third-order valence-electron chi connectivity index (χ3n) is 5.17. The molecule has 35 heavy (non-hydrogen) atoms. The number of nitrogens with one attached hydrogen (secondary N) is 2. The fourth-order valence-electron chi connectivity index (χ4n) is 3.40. The predicted molar refractivity (Wildman–Crippen MR) is 135 cm³/mol. The number of ether oxygens (including phenoxy) is 3. The van der Waals surface area contributed by atoms with Gasteiger partial charge >= 0.3 is 0 Å². The Morgan fingerprint density at radius 1 is 0.914 bits per heavy atom. The highest BCUT2D eigenvalue weighted by molar-refractivity contribution is 8.00. The van der Waals surface area contributed by atoms with Gasteiger partial charge in [-0.3, -0.25) is 4.79 Å². The SMILES string of the molecule is COc1ccc(-c2[nH]c(-c3ccc(OC)c(OC)c3)nc2SCC(=O)Nc2ccc(F)cc2)cc1. The molecule has 0 aliphatic rings. The summed E-state index contributed by atoms with van der Waals surface area (Å²) in [4.78, 5) is 20.7. The van der Waals surface area contributed by atoms with Gasteiger partial charge in [-0.15, -0.1) is 0 Å². The summed E-state index contributed by atoms with van der Waals surface area (Å²) in [7, 11) is 4.77. The Hall–Kier alpha value is -3.98. The van der Waals surface area contributed by atoms with Crippen molar-refractivity contribution in [1.29, 1.82) is 0 Å². The quantitative estimate of drug-likeness (QED) is 0.294. The van der Waals surface area contributed by atoms with E-state index in [0.717, 1.165) is 22.6 Å². The van der Waals surface area contributed by atoms with Crippen LogP contribution in [-0.4, -0.2) is 43.0 Å². The van der Waals surface area contributed by atoms with E-state index < -0.39 is 0 Å². The zero-order chi connectivity index (χ0) is 24.8. The fraction of sp³-hybridized carbons (Fsp3) is 0.154. The number of nitrogens with zero attached hydrogens (tertiary/aromatic N) is 1. The molecule has 0 aliphatic heterocycles. The van der Waals surface area contributed by atoms with Crippen molar-refractivity contribution in [3.63, 3.8) is 0 Å². The predicted octanol–water partition coefficient (Wildman–Crippen LogP) is 5.64. The second kappa shape index (κ2) is 11.0. The molecule has 0 spiro atoms. The van der Waals surface area contributed by atoms with Gasteiger partial charge in [0.15, 0.2) is 11.5 Å². The first-order valence-corrected chi connectivity index (χ1v) is 11.6. The van der Waals surface area contributed by atoms with Crippen LogP contribution in [0.5, 0.6) is 17.2 Å². The zero-order valence-electron chi connectivity index (χ0n) is 19.4. The molecule has 0 radical (unpaired) electrons. The first kappa shape index (κ1) is 24.2. The van der Waals surface area contributed by atoms with Gasteiger partial charge in [-0.2, -0.15) is 0 Å². The van der Waals surface area contributed by atoms with E-state index in [1.165, 1.54) is 36.0 Å². The molecule has 9 heteroatoms. The standard InChI is InChI=1S/C26H24FN3O4S/c1-32-20-11-4-16(5-12-20)24-26(35-15-23(31)28-19-9-7-18(27)8-10-19)30-25(29-24)17-6-13-21(33-2)22(14-17)34-3/h4-14H,15H2,1-3H3,(H,28,31)(H,29,30). The van der Waals surface area contributed by atoms with Gasteiger partial charge in [-0.05, 0) is 66.7 Å². The minimum atomic E-state index is -0.360. The lowest BCUT2D eigenvalue weighted by Gasteiger charge is -2.08. The molecule has 180 valence electrons. The van der Waals surface area contributed by atoms with Crippen LogP contribution in [0.2, 0.25) is 0 Å². The summed E-state index contributed by atoms with van der Waals surface area (Å²) in [5.41, 5.74) is 3.00. The molecule has 0 saturated heterocycles. The van der Waals surface area contributed by atoms with Crippen LogP contribution in [0.3, 0.4) is 0 Å². The fourth-order valence-corrected chi connectivity index (χ4v) is 4.21. The van der Waals surface area contributed by atoms with Crippen molar-refractivity contribution in [3.05, 3.63) is 72.5 Å². The van der Waals surface area contributed by atoms with E-state index >= 15 is 0 Å². The molecule has 4 rings (SSSR count). The van der Waals surface area contributed by atoms with E-state index in [9.17, 15) is 9.18 Å². The highest BCUT2D eigenvalue weighted by Crippen LogP contribution is 2.36. The van der Waals surface area contributed by atoms with Crippen molar-refractivity contribution in [2.24, 2.45) is 0 Å². The van der Waals surface area contributed by atoms with Crippen LogP contribution in [0.1, 0.15) is 0 Å². The molecular weight excluding hydrogens is 469 g/mol. The Morgan fingerprint density at radius 3 is 2.26 bits per heavy atom. The Bertz CT molecular complexity index is 1310. The Morgan fingerprint density at radius 2 is 1.60 bits per heavy atom. The zero-order valence-corrected chi connectivity index (χ0v) is 20.2. The Labute approximate surface area is 206 Å². The summed E-state index contributed by atoms with van der Waals surface area (Å²) in [6.07, 6.45) is 0. The van der Waals surface area contributed by atoms with Crippen LogP contribution in [-0.2, 0) is 4.79 Å². The van der Waals surface area contributed by atoms with Gasteiger partial charge in [0, 0.05) is 16.8 Å². The van der Waals surface area contributed by atoms with Crippen molar-refractivity contribution in [1.82, 2.24) is 9.97 Å². The number of anilines is 1. The summed E-state index contributed by atoms with van der Waals surface area (Å²) < 4.78 is 29.2. The van der Waals surface area contributed by atoms with E-state index in [1.54, 1.807) is 21.3 Å². The van der Waals surface area contributed by atoms with Crippen LogP contribution in [0, 0.1) is 5.82 Å². The number of imidazole rings is 1. The molecule has 0 saturated carbocycles. The van der Waals surface area contributed by atoms with E-state index in [1.807, 2.05) is 42.5 Å². The second-order valence-corrected chi connectivity index (χ2v) is 8.37. The number of aromatic amines is 1. The van der Waals surface area contributed by atoms with Crippen LogP contribution in [0.15, 0.2) is 71.8 Å². The average molecular weight is 494 g/mol. The topological polar surface area (TPSA) is 85.5 Å². The van der Waals surface area contributed by atoms with Gasteiger partial charge < -0.3 is 24.5 Å². The van der Waals surface area contributed by atoms with Crippen molar-refractivity contribution in [3.8, 4) is 39.9 Å². The number of carbonyl (C=O) groups is 1. The number of H-pyrrole nitrogens is 1. The van der Waals surface area contributed by atoms with E-state index in [2.05, 4.69) is 10.3 Å². The van der Waals surface area contributed by atoms with Crippen LogP contribution < -0.4 is 19.5 Å². The third-order valence-corrected chi connectivity index (χ3v) is 6.15. The van der Waals surface area contributed by atoms with E-state index in [0.29, 0.717) is 28.0 Å². The summed E-state index contributed by atoms with van der Waals surface area (Å²) in [5.74, 6) is 2.10. The summed E-state index contributed by atoms with van der Waals surface area (Å²) in [6.45, 7) is 0. The number of rotatable bonds is 9. The molecular formula is C26H24FN3O4S. The van der Waals surface area contributed by atoms with Crippen LogP contribution >= 0.6 is 11.8 Å². The molecule has 1 heterocycles. The number of aromatic nitrogens is 2. The molecule has 1 amide bonds. The number of hydrogen-bond donors (Lipinski definition) is 2. The van der Waals surface area contributed by atoms with Gasteiger partial charge in [0.25, 0.3) is 0 Å². The summed E-state index contributed by atoms with van der Waals surface area (Å²) >= 11 is 1.30. The summed E-state index contributed by atoms with van der Waals surface area (Å²) in [6, 6.07) is 18.7.